The second-order valence-electron chi connectivity index (χ2n) is 5.51. The van der Waals surface area contributed by atoms with Crippen LogP contribution in [-0.2, 0) is 12.0 Å². The van der Waals surface area contributed by atoms with Crippen LogP contribution in [-0.4, -0.2) is 9.55 Å². The SMILES string of the molecule is CC(C)(C)c1[nH]c(=O)n(Cc2ccccc2)c1N. The molecule has 0 unspecified atom stereocenters. The standard InChI is InChI=1S/C14H19N3O/c1-14(2,3)11-12(15)17(13(18)16-11)9-10-7-5-4-6-8-10/h4-8H,9,15H2,1-3H3,(H,16,18). The molecule has 0 aliphatic rings. The molecule has 0 aliphatic heterocycles. The number of H-pyrrole nitrogens is 1. The zero-order valence-electron chi connectivity index (χ0n) is 11.0. The van der Waals surface area contributed by atoms with Crippen LogP contribution in [0, 0.1) is 0 Å². The average Bonchev–Trinajstić information content (AvgIpc) is 2.58. The Kier molecular flexibility index (Phi) is 3.03. The molecule has 0 spiro atoms. The number of rotatable bonds is 2. The monoisotopic (exact) mass is 245 g/mol. The molecule has 4 nitrogen and oxygen atoms in total. The number of nitrogen functional groups attached to an aromatic ring is 1. The summed E-state index contributed by atoms with van der Waals surface area (Å²) < 4.78 is 1.58. The highest BCUT2D eigenvalue weighted by molar-refractivity contribution is 5.41. The second-order valence-corrected chi connectivity index (χ2v) is 5.51. The third kappa shape index (κ3) is 2.32. The second kappa shape index (κ2) is 4.37. The third-order valence-electron chi connectivity index (χ3n) is 2.96. The maximum absolute atomic E-state index is 11.9. The number of nitrogens with zero attached hydrogens (tertiary/aromatic N) is 1. The van der Waals surface area contributed by atoms with Crippen molar-refractivity contribution in [1.82, 2.24) is 9.55 Å². The van der Waals surface area contributed by atoms with E-state index < -0.39 is 0 Å². The summed E-state index contributed by atoms with van der Waals surface area (Å²) in [7, 11) is 0. The van der Waals surface area contributed by atoms with Crippen molar-refractivity contribution in [2.75, 3.05) is 5.73 Å². The fourth-order valence-electron chi connectivity index (χ4n) is 1.98. The van der Waals surface area contributed by atoms with Gasteiger partial charge in [0.15, 0.2) is 0 Å². The Hall–Kier alpha value is -1.97. The molecule has 0 aliphatic carbocycles. The van der Waals surface area contributed by atoms with Crippen molar-refractivity contribution in [3.8, 4) is 0 Å². The van der Waals surface area contributed by atoms with Crippen LogP contribution in [0.2, 0.25) is 0 Å². The first-order chi connectivity index (χ1) is 8.39. The van der Waals surface area contributed by atoms with E-state index in [9.17, 15) is 4.79 Å². The maximum atomic E-state index is 11.9. The highest BCUT2D eigenvalue weighted by Gasteiger charge is 2.22. The summed E-state index contributed by atoms with van der Waals surface area (Å²) in [4.78, 5) is 14.8. The first-order valence-corrected chi connectivity index (χ1v) is 6.02. The minimum Gasteiger partial charge on any atom is -0.383 e. The number of aromatic amines is 1. The van der Waals surface area contributed by atoms with Gasteiger partial charge in [-0.05, 0) is 5.56 Å². The van der Waals surface area contributed by atoms with E-state index in [0.717, 1.165) is 11.3 Å². The van der Waals surface area contributed by atoms with E-state index in [0.29, 0.717) is 12.4 Å². The lowest BCUT2D eigenvalue weighted by atomic mass is 9.92. The van der Waals surface area contributed by atoms with E-state index in [2.05, 4.69) is 4.98 Å². The van der Waals surface area contributed by atoms with Crippen LogP contribution in [0.25, 0.3) is 0 Å². The number of nitrogens with one attached hydrogen (secondary N) is 1. The van der Waals surface area contributed by atoms with Gasteiger partial charge in [-0.1, -0.05) is 51.1 Å². The molecular formula is C14H19N3O. The summed E-state index contributed by atoms with van der Waals surface area (Å²) in [5.74, 6) is 0.524. The molecule has 1 aromatic heterocycles. The fraction of sp³-hybridized carbons (Fsp3) is 0.357. The van der Waals surface area contributed by atoms with Crippen LogP contribution in [0.1, 0.15) is 32.0 Å². The number of benzene rings is 1. The van der Waals surface area contributed by atoms with Crippen molar-refractivity contribution >= 4 is 5.82 Å². The van der Waals surface area contributed by atoms with Crippen molar-refractivity contribution in [2.45, 2.75) is 32.7 Å². The normalized spacial score (nSPS) is 11.7. The molecule has 0 fully saturated rings. The van der Waals surface area contributed by atoms with Crippen molar-refractivity contribution in [2.24, 2.45) is 0 Å². The molecule has 2 aromatic rings. The fourth-order valence-corrected chi connectivity index (χ4v) is 1.98. The van der Waals surface area contributed by atoms with Gasteiger partial charge in [0.1, 0.15) is 5.82 Å². The van der Waals surface area contributed by atoms with Crippen molar-refractivity contribution in [3.05, 3.63) is 52.1 Å². The van der Waals surface area contributed by atoms with E-state index in [1.165, 1.54) is 0 Å². The number of hydrogen-bond donors (Lipinski definition) is 2. The average molecular weight is 245 g/mol. The number of imidazole rings is 1. The Morgan fingerprint density at radius 2 is 1.83 bits per heavy atom. The molecule has 0 saturated heterocycles. The van der Waals surface area contributed by atoms with Gasteiger partial charge in [0.25, 0.3) is 0 Å². The number of nitrogens with two attached hydrogens (primary N) is 1. The summed E-state index contributed by atoms with van der Waals surface area (Å²) in [6.07, 6.45) is 0. The summed E-state index contributed by atoms with van der Waals surface area (Å²) in [5, 5.41) is 0. The Balaban J connectivity index is 2.41. The summed E-state index contributed by atoms with van der Waals surface area (Å²) in [5.41, 5.74) is 7.61. The molecule has 0 saturated carbocycles. The van der Waals surface area contributed by atoms with Gasteiger partial charge >= 0.3 is 5.69 Å². The Labute approximate surface area is 106 Å². The number of hydrogen-bond acceptors (Lipinski definition) is 2. The van der Waals surface area contributed by atoms with Crippen molar-refractivity contribution in [1.29, 1.82) is 0 Å². The summed E-state index contributed by atoms with van der Waals surface area (Å²) in [6.45, 7) is 6.59. The van der Waals surface area contributed by atoms with Gasteiger partial charge < -0.3 is 10.7 Å². The van der Waals surface area contributed by atoms with Crippen LogP contribution in [0.5, 0.6) is 0 Å². The minimum absolute atomic E-state index is 0.152. The predicted octanol–water partition coefficient (Wildman–Crippen LogP) is 2.10. The van der Waals surface area contributed by atoms with E-state index >= 15 is 0 Å². The van der Waals surface area contributed by atoms with Gasteiger partial charge in [-0.3, -0.25) is 4.57 Å². The van der Waals surface area contributed by atoms with E-state index in [1.807, 2.05) is 51.1 Å². The highest BCUT2D eigenvalue weighted by atomic mass is 16.1. The molecular weight excluding hydrogens is 226 g/mol. The van der Waals surface area contributed by atoms with Crippen LogP contribution in [0.4, 0.5) is 5.82 Å². The van der Waals surface area contributed by atoms with Gasteiger partial charge in [-0.15, -0.1) is 0 Å². The van der Waals surface area contributed by atoms with Gasteiger partial charge in [0, 0.05) is 5.41 Å². The van der Waals surface area contributed by atoms with Crippen molar-refractivity contribution < 1.29 is 0 Å². The molecule has 1 aromatic carbocycles. The zero-order chi connectivity index (χ0) is 13.3. The van der Waals surface area contributed by atoms with E-state index in [1.54, 1.807) is 4.57 Å². The molecule has 0 amide bonds. The molecule has 0 atom stereocenters. The topological polar surface area (TPSA) is 63.8 Å². The lowest BCUT2D eigenvalue weighted by molar-refractivity contribution is 0.573. The molecule has 1 heterocycles. The lowest BCUT2D eigenvalue weighted by Crippen LogP contribution is -2.19. The molecule has 18 heavy (non-hydrogen) atoms. The highest BCUT2D eigenvalue weighted by Crippen LogP contribution is 2.24. The largest absolute Gasteiger partial charge is 0.383 e. The molecule has 2 rings (SSSR count). The van der Waals surface area contributed by atoms with Gasteiger partial charge in [-0.2, -0.15) is 0 Å². The minimum atomic E-state index is -0.162. The molecule has 4 heteroatoms. The van der Waals surface area contributed by atoms with Crippen LogP contribution in [0.15, 0.2) is 35.1 Å². The van der Waals surface area contributed by atoms with Gasteiger partial charge in [0.05, 0.1) is 12.2 Å². The molecule has 0 bridgehead atoms. The summed E-state index contributed by atoms with van der Waals surface area (Å²) in [6, 6.07) is 9.82. The maximum Gasteiger partial charge on any atom is 0.327 e. The van der Waals surface area contributed by atoms with E-state index in [4.69, 9.17) is 5.73 Å². The predicted molar refractivity (Wildman–Crippen MR) is 73.7 cm³/mol. The first-order valence-electron chi connectivity index (χ1n) is 6.02. The molecule has 96 valence electrons. The summed E-state index contributed by atoms with van der Waals surface area (Å²) >= 11 is 0. The number of aromatic nitrogens is 2. The van der Waals surface area contributed by atoms with E-state index in [-0.39, 0.29) is 11.1 Å². The first kappa shape index (κ1) is 12.5. The smallest absolute Gasteiger partial charge is 0.327 e. The number of anilines is 1. The quantitative estimate of drug-likeness (QED) is 0.851. The molecule has 0 radical (unpaired) electrons. The lowest BCUT2D eigenvalue weighted by Gasteiger charge is -2.17. The van der Waals surface area contributed by atoms with Crippen LogP contribution in [0.3, 0.4) is 0 Å². The Bertz CT molecular complexity index is 588. The van der Waals surface area contributed by atoms with Crippen LogP contribution >= 0.6 is 0 Å². The zero-order valence-corrected chi connectivity index (χ0v) is 11.0. The Morgan fingerprint density at radius 1 is 1.22 bits per heavy atom. The van der Waals surface area contributed by atoms with Crippen molar-refractivity contribution in [3.63, 3.8) is 0 Å². The van der Waals surface area contributed by atoms with Crippen LogP contribution < -0.4 is 11.4 Å². The Morgan fingerprint density at radius 3 is 2.33 bits per heavy atom. The van der Waals surface area contributed by atoms with Gasteiger partial charge in [0.2, 0.25) is 0 Å². The molecule has 3 N–H and O–H groups in total. The van der Waals surface area contributed by atoms with Gasteiger partial charge in [-0.25, -0.2) is 4.79 Å². The third-order valence-corrected chi connectivity index (χ3v) is 2.96.